The minimum Gasteiger partial charge on any atom is -0.479 e. The number of hydrogen-bond donors (Lipinski definition) is 1. The standard InChI is InChI=1S/C19H20FNO6S/c1-3-12-9-13(19(24)25-4-2)18(28-12)21-16(22)10-27-17(23)11-26-15-8-6-5-7-14(15)20/h5-9H,3-4,10-11H2,1-2H3,(H,21,22). The largest absolute Gasteiger partial charge is 0.479 e. The summed E-state index contributed by atoms with van der Waals surface area (Å²) in [4.78, 5) is 36.6. The maximum Gasteiger partial charge on any atom is 0.344 e. The Morgan fingerprint density at radius 3 is 2.54 bits per heavy atom. The van der Waals surface area contributed by atoms with Gasteiger partial charge in [0.05, 0.1) is 12.2 Å². The van der Waals surface area contributed by atoms with Crippen LogP contribution in [0.3, 0.4) is 0 Å². The molecule has 1 aromatic carbocycles. The lowest BCUT2D eigenvalue weighted by Gasteiger charge is -2.08. The number of thiophene rings is 1. The van der Waals surface area contributed by atoms with E-state index in [9.17, 15) is 18.8 Å². The molecule has 28 heavy (non-hydrogen) atoms. The highest BCUT2D eigenvalue weighted by atomic mass is 32.1. The molecular weight excluding hydrogens is 389 g/mol. The number of rotatable bonds is 9. The van der Waals surface area contributed by atoms with Gasteiger partial charge in [-0.1, -0.05) is 19.1 Å². The van der Waals surface area contributed by atoms with E-state index in [1.807, 2.05) is 6.92 Å². The van der Waals surface area contributed by atoms with Gasteiger partial charge in [-0.25, -0.2) is 14.0 Å². The zero-order valence-corrected chi connectivity index (χ0v) is 16.3. The predicted octanol–water partition coefficient (Wildman–Crippen LogP) is 3.19. The van der Waals surface area contributed by atoms with E-state index in [4.69, 9.17) is 14.2 Å². The van der Waals surface area contributed by atoms with Gasteiger partial charge in [-0.05, 0) is 31.5 Å². The molecule has 0 bridgehead atoms. The number of hydrogen-bond acceptors (Lipinski definition) is 7. The molecule has 0 unspecified atom stereocenters. The van der Waals surface area contributed by atoms with Gasteiger partial charge in [0.2, 0.25) is 0 Å². The molecule has 150 valence electrons. The van der Waals surface area contributed by atoms with Crippen LogP contribution in [-0.2, 0) is 25.5 Å². The number of amides is 1. The molecule has 0 aliphatic rings. The summed E-state index contributed by atoms with van der Waals surface area (Å²) in [7, 11) is 0. The van der Waals surface area contributed by atoms with Crippen LogP contribution in [-0.4, -0.2) is 37.7 Å². The molecule has 1 aromatic heterocycles. The minimum atomic E-state index is -0.829. The normalized spacial score (nSPS) is 10.2. The molecule has 0 spiro atoms. The fourth-order valence-corrected chi connectivity index (χ4v) is 3.12. The molecule has 0 atom stereocenters. The van der Waals surface area contributed by atoms with E-state index in [2.05, 4.69) is 5.32 Å². The van der Waals surface area contributed by atoms with Crippen molar-refractivity contribution in [3.63, 3.8) is 0 Å². The monoisotopic (exact) mass is 409 g/mol. The lowest BCUT2D eigenvalue weighted by molar-refractivity contribution is -0.149. The van der Waals surface area contributed by atoms with Crippen LogP contribution in [0.1, 0.15) is 29.1 Å². The SMILES string of the molecule is CCOC(=O)c1cc(CC)sc1NC(=O)COC(=O)COc1ccccc1F. The second-order valence-corrected chi connectivity index (χ2v) is 6.59. The molecule has 0 fully saturated rings. The lowest BCUT2D eigenvalue weighted by atomic mass is 10.2. The van der Waals surface area contributed by atoms with E-state index in [0.717, 1.165) is 4.88 Å². The van der Waals surface area contributed by atoms with Gasteiger partial charge in [0.1, 0.15) is 5.00 Å². The Hall–Kier alpha value is -2.94. The van der Waals surface area contributed by atoms with Crippen molar-refractivity contribution in [3.8, 4) is 5.75 Å². The third kappa shape index (κ3) is 6.05. The number of anilines is 1. The summed E-state index contributed by atoms with van der Waals surface area (Å²) in [5.41, 5.74) is 0.256. The number of nitrogens with one attached hydrogen (secondary N) is 1. The zero-order chi connectivity index (χ0) is 20.5. The summed E-state index contributed by atoms with van der Waals surface area (Å²) in [6.45, 7) is 2.71. The number of halogens is 1. The minimum absolute atomic E-state index is 0.0892. The first-order valence-corrected chi connectivity index (χ1v) is 9.38. The Kier molecular flexibility index (Phi) is 7.94. The smallest absolute Gasteiger partial charge is 0.344 e. The molecule has 0 saturated heterocycles. The van der Waals surface area contributed by atoms with E-state index in [1.54, 1.807) is 19.1 Å². The average molecular weight is 409 g/mol. The molecule has 9 heteroatoms. The third-order valence-corrected chi connectivity index (χ3v) is 4.62. The molecule has 0 radical (unpaired) electrons. The summed E-state index contributed by atoms with van der Waals surface area (Å²) >= 11 is 1.25. The highest BCUT2D eigenvalue weighted by molar-refractivity contribution is 7.16. The fraction of sp³-hybridized carbons (Fsp3) is 0.316. The molecular formula is C19H20FNO6S. The van der Waals surface area contributed by atoms with Crippen molar-refractivity contribution >= 4 is 34.2 Å². The van der Waals surface area contributed by atoms with Crippen molar-refractivity contribution in [2.45, 2.75) is 20.3 Å². The molecule has 1 heterocycles. The van der Waals surface area contributed by atoms with Crippen molar-refractivity contribution in [3.05, 3.63) is 46.6 Å². The van der Waals surface area contributed by atoms with Gasteiger partial charge in [0.25, 0.3) is 5.91 Å². The number of carbonyl (C=O) groups is 3. The van der Waals surface area contributed by atoms with Gasteiger partial charge < -0.3 is 19.5 Å². The maximum atomic E-state index is 13.4. The van der Waals surface area contributed by atoms with Crippen LogP contribution >= 0.6 is 11.3 Å². The van der Waals surface area contributed by atoms with E-state index in [0.29, 0.717) is 11.4 Å². The number of carbonyl (C=O) groups excluding carboxylic acids is 3. The number of esters is 2. The van der Waals surface area contributed by atoms with Crippen molar-refractivity contribution in [2.24, 2.45) is 0 Å². The first-order valence-electron chi connectivity index (χ1n) is 8.57. The highest BCUT2D eigenvalue weighted by Crippen LogP contribution is 2.29. The molecule has 2 aromatic rings. The molecule has 0 saturated carbocycles. The van der Waals surface area contributed by atoms with Crippen LogP contribution in [0.4, 0.5) is 9.39 Å². The fourth-order valence-electron chi connectivity index (χ4n) is 2.12. The third-order valence-electron chi connectivity index (χ3n) is 3.43. The van der Waals surface area contributed by atoms with Crippen LogP contribution < -0.4 is 10.1 Å². The van der Waals surface area contributed by atoms with Crippen LogP contribution in [0.25, 0.3) is 0 Å². The summed E-state index contributed by atoms with van der Waals surface area (Å²) in [6, 6.07) is 7.27. The van der Waals surface area contributed by atoms with Crippen molar-refractivity contribution in [1.82, 2.24) is 0 Å². The van der Waals surface area contributed by atoms with Gasteiger partial charge in [-0.3, -0.25) is 4.79 Å². The maximum absolute atomic E-state index is 13.4. The Morgan fingerprint density at radius 2 is 1.86 bits per heavy atom. The number of aryl methyl sites for hydroxylation is 1. The zero-order valence-electron chi connectivity index (χ0n) is 15.5. The Morgan fingerprint density at radius 1 is 1.11 bits per heavy atom. The average Bonchev–Trinajstić information content (AvgIpc) is 3.09. The van der Waals surface area contributed by atoms with E-state index < -0.39 is 36.9 Å². The van der Waals surface area contributed by atoms with E-state index in [1.165, 1.54) is 29.5 Å². The molecule has 7 nitrogen and oxygen atoms in total. The first-order chi connectivity index (χ1) is 13.4. The van der Waals surface area contributed by atoms with Crippen LogP contribution in [0.15, 0.2) is 30.3 Å². The number of benzene rings is 1. The van der Waals surface area contributed by atoms with Crippen LogP contribution in [0.5, 0.6) is 5.75 Å². The highest BCUT2D eigenvalue weighted by Gasteiger charge is 2.19. The van der Waals surface area contributed by atoms with Gasteiger partial charge in [-0.15, -0.1) is 11.3 Å². The molecule has 2 rings (SSSR count). The topological polar surface area (TPSA) is 90.9 Å². The first kappa shape index (κ1) is 21.4. The second-order valence-electron chi connectivity index (χ2n) is 5.46. The van der Waals surface area contributed by atoms with Gasteiger partial charge >= 0.3 is 11.9 Å². The van der Waals surface area contributed by atoms with Crippen molar-refractivity contribution in [1.29, 1.82) is 0 Å². The summed E-state index contributed by atoms with van der Waals surface area (Å²) in [5, 5.41) is 2.88. The second kappa shape index (κ2) is 10.4. The number of para-hydroxylation sites is 1. The Labute approximate surface area is 165 Å². The summed E-state index contributed by atoms with van der Waals surface area (Å²) < 4.78 is 28.2. The van der Waals surface area contributed by atoms with Gasteiger partial charge in [0, 0.05) is 4.88 Å². The summed E-state index contributed by atoms with van der Waals surface area (Å²) in [6.07, 6.45) is 0.690. The van der Waals surface area contributed by atoms with Gasteiger partial charge in [-0.2, -0.15) is 0 Å². The molecule has 1 amide bonds. The summed E-state index contributed by atoms with van der Waals surface area (Å²) in [5.74, 6) is -2.68. The molecule has 0 aliphatic heterocycles. The molecule has 0 aliphatic carbocycles. The Bertz CT molecular complexity index is 851. The van der Waals surface area contributed by atoms with Crippen molar-refractivity contribution < 1.29 is 33.0 Å². The van der Waals surface area contributed by atoms with Crippen LogP contribution in [0.2, 0.25) is 0 Å². The van der Waals surface area contributed by atoms with Gasteiger partial charge in [0.15, 0.2) is 24.8 Å². The number of ether oxygens (including phenoxy) is 3. The molecule has 1 N–H and O–H groups in total. The quantitative estimate of drug-likeness (QED) is 0.640. The van der Waals surface area contributed by atoms with Crippen molar-refractivity contribution in [2.75, 3.05) is 25.1 Å². The van der Waals surface area contributed by atoms with E-state index >= 15 is 0 Å². The predicted molar refractivity (Wildman–Crippen MR) is 101 cm³/mol. The lowest BCUT2D eigenvalue weighted by Crippen LogP contribution is -2.24. The van der Waals surface area contributed by atoms with E-state index in [-0.39, 0.29) is 17.9 Å². The van der Waals surface area contributed by atoms with Crippen LogP contribution in [0, 0.1) is 5.82 Å². The Balaban J connectivity index is 1.86.